The van der Waals surface area contributed by atoms with Crippen molar-refractivity contribution in [1.82, 2.24) is 15.2 Å². The van der Waals surface area contributed by atoms with E-state index in [2.05, 4.69) is 27.1 Å². The number of likely N-dealkylation sites (N-methyl/N-ethyl adjacent to an activating group) is 1. The SMILES string of the molecule is CCC(C)C(O)CNC(=O)c1ccnc(N2CCN(C)CC2)c1. The van der Waals surface area contributed by atoms with Crippen LogP contribution >= 0.6 is 0 Å². The molecule has 128 valence electrons. The lowest BCUT2D eigenvalue weighted by Crippen LogP contribution is -2.44. The molecule has 23 heavy (non-hydrogen) atoms. The fourth-order valence-electron chi connectivity index (χ4n) is 2.54. The molecule has 2 unspecified atom stereocenters. The number of aliphatic hydroxyl groups is 1. The lowest BCUT2D eigenvalue weighted by atomic mass is 10.0. The van der Waals surface area contributed by atoms with Gasteiger partial charge in [-0.05, 0) is 25.1 Å². The van der Waals surface area contributed by atoms with E-state index < -0.39 is 6.10 Å². The van der Waals surface area contributed by atoms with Crippen LogP contribution in [0, 0.1) is 5.92 Å². The standard InChI is InChI=1S/C17H28N4O2/c1-4-13(2)15(22)12-19-17(23)14-5-6-18-16(11-14)21-9-7-20(3)8-10-21/h5-6,11,13,15,22H,4,7-10,12H2,1-3H3,(H,19,23). The van der Waals surface area contributed by atoms with Gasteiger partial charge in [-0.2, -0.15) is 0 Å². The molecule has 1 aromatic heterocycles. The number of carbonyl (C=O) groups excluding carboxylic acids is 1. The minimum Gasteiger partial charge on any atom is -0.391 e. The highest BCUT2D eigenvalue weighted by atomic mass is 16.3. The Labute approximate surface area is 138 Å². The Kier molecular flexibility index (Phi) is 6.36. The minimum atomic E-state index is -0.511. The summed E-state index contributed by atoms with van der Waals surface area (Å²) in [7, 11) is 2.11. The molecule has 2 atom stereocenters. The van der Waals surface area contributed by atoms with Crippen LogP contribution in [0.3, 0.4) is 0 Å². The van der Waals surface area contributed by atoms with Gasteiger partial charge in [-0.25, -0.2) is 4.98 Å². The summed E-state index contributed by atoms with van der Waals surface area (Å²) in [5, 5.41) is 12.8. The Morgan fingerprint density at radius 1 is 1.39 bits per heavy atom. The number of carbonyl (C=O) groups is 1. The number of nitrogens with one attached hydrogen (secondary N) is 1. The van der Waals surface area contributed by atoms with Gasteiger partial charge in [0.25, 0.3) is 5.91 Å². The van der Waals surface area contributed by atoms with Gasteiger partial charge in [-0.15, -0.1) is 0 Å². The zero-order valence-electron chi connectivity index (χ0n) is 14.3. The van der Waals surface area contributed by atoms with Gasteiger partial charge in [-0.3, -0.25) is 4.79 Å². The number of amides is 1. The molecule has 0 aromatic carbocycles. The smallest absolute Gasteiger partial charge is 0.251 e. The van der Waals surface area contributed by atoms with E-state index >= 15 is 0 Å². The number of nitrogens with zero attached hydrogens (tertiary/aromatic N) is 3. The van der Waals surface area contributed by atoms with Crippen LogP contribution in [0.15, 0.2) is 18.3 Å². The highest BCUT2D eigenvalue weighted by molar-refractivity contribution is 5.94. The Hall–Kier alpha value is -1.66. The fourth-order valence-corrected chi connectivity index (χ4v) is 2.54. The van der Waals surface area contributed by atoms with E-state index in [1.807, 2.05) is 19.9 Å². The fraction of sp³-hybridized carbons (Fsp3) is 0.647. The van der Waals surface area contributed by atoms with Crippen LogP contribution in [0.5, 0.6) is 0 Å². The molecular weight excluding hydrogens is 292 g/mol. The number of piperazine rings is 1. The largest absolute Gasteiger partial charge is 0.391 e. The molecule has 1 aliphatic heterocycles. The Morgan fingerprint density at radius 3 is 2.74 bits per heavy atom. The third kappa shape index (κ3) is 4.91. The summed E-state index contributed by atoms with van der Waals surface area (Å²) in [6.07, 6.45) is 2.05. The van der Waals surface area contributed by atoms with Crippen molar-refractivity contribution in [3.63, 3.8) is 0 Å². The third-order valence-electron chi connectivity index (χ3n) is 4.61. The minimum absolute atomic E-state index is 0.162. The van der Waals surface area contributed by atoms with Gasteiger partial charge in [0.2, 0.25) is 0 Å². The van der Waals surface area contributed by atoms with Gasteiger partial charge in [0.1, 0.15) is 5.82 Å². The number of hydrogen-bond acceptors (Lipinski definition) is 5. The summed E-state index contributed by atoms with van der Waals surface area (Å²) >= 11 is 0. The second-order valence-electron chi connectivity index (χ2n) is 6.36. The van der Waals surface area contributed by atoms with Gasteiger partial charge in [0.05, 0.1) is 6.10 Å². The summed E-state index contributed by atoms with van der Waals surface area (Å²) in [6.45, 7) is 8.12. The van der Waals surface area contributed by atoms with E-state index in [1.54, 1.807) is 12.3 Å². The molecule has 1 aromatic rings. The van der Waals surface area contributed by atoms with E-state index in [0.717, 1.165) is 38.4 Å². The monoisotopic (exact) mass is 320 g/mol. The summed E-state index contributed by atoms with van der Waals surface area (Å²) in [5.74, 6) is 0.854. The number of anilines is 1. The molecule has 0 bridgehead atoms. The van der Waals surface area contributed by atoms with Crippen molar-refractivity contribution in [3.05, 3.63) is 23.9 Å². The zero-order chi connectivity index (χ0) is 16.8. The molecular formula is C17H28N4O2. The van der Waals surface area contributed by atoms with Crippen LogP contribution in [-0.2, 0) is 0 Å². The normalized spacial score (nSPS) is 18.5. The predicted octanol–water partition coefficient (Wildman–Crippen LogP) is 0.970. The van der Waals surface area contributed by atoms with Crippen molar-refractivity contribution in [2.24, 2.45) is 5.92 Å². The molecule has 0 aliphatic carbocycles. The van der Waals surface area contributed by atoms with E-state index in [1.165, 1.54) is 0 Å². The topological polar surface area (TPSA) is 68.7 Å². The molecule has 1 amide bonds. The first-order valence-electron chi connectivity index (χ1n) is 8.37. The molecule has 2 heterocycles. The number of hydrogen-bond donors (Lipinski definition) is 2. The summed E-state index contributed by atoms with van der Waals surface area (Å²) in [5.41, 5.74) is 0.588. The molecule has 1 aliphatic rings. The van der Waals surface area contributed by atoms with Crippen molar-refractivity contribution < 1.29 is 9.90 Å². The van der Waals surface area contributed by atoms with Crippen LogP contribution in [0.4, 0.5) is 5.82 Å². The molecule has 2 N–H and O–H groups in total. The number of aromatic nitrogens is 1. The molecule has 0 spiro atoms. The van der Waals surface area contributed by atoms with Crippen LogP contribution in [0.25, 0.3) is 0 Å². The first-order chi connectivity index (χ1) is 11.0. The van der Waals surface area contributed by atoms with Crippen molar-refractivity contribution in [2.45, 2.75) is 26.4 Å². The van der Waals surface area contributed by atoms with Crippen LogP contribution in [-0.4, -0.2) is 66.8 Å². The second kappa shape index (κ2) is 8.26. The van der Waals surface area contributed by atoms with Gasteiger partial charge >= 0.3 is 0 Å². The highest BCUT2D eigenvalue weighted by Crippen LogP contribution is 2.15. The molecule has 1 saturated heterocycles. The Morgan fingerprint density at radius 2 is 2.09 bits per heavy atom. The first-order valence-corrected chi connectivity index (χ1v) is 8.37. The van der Waals surface area contributed by atoms with E-state index in [-0.39, 0.29) is 18.4 Å². The molecule has 0 saturated carbocycles. The van der Waals surface area contributed by atoms with Gasteiger partial charge < -0.3 is 20.2 Å². The van der Waals surface area contributed by atoms with Crippen LogP contribution in [0.2, 0.25) is 0 Å². The summed E-state index contributed by atoms with van der Waals surface area (Å²) in [6, 6.07) is 3.54. The summed E-state index contributed by atoms with van der Waals surface area (Å²) in [4.78, 5) is 21.1. The molecule has 6 heteroatoms. The van der Waals surface area contributed by atoms with Crippen molar-refractivity contribution in [3.8, 4) is 0 Å². The second-order valence-corrected chi connectivity index (χ2v) is 6.36. The quantitative estimate of drug-likeness (QED) is 0.817. The Balaban J connectivity index is 1.95. The molecule has 1 fully saturated rings. The maximum absolute atomic E-state index is 12.3. The number of pyridine rings is 1. The molecule has 0 radical (unpaired) electrons. The van der Waals surface area contributed by atoms with Gasteiger partial charge in [0.15, 0.2) is 0 Å². The van der Waals surface area contributed by atoms with Crippen molar-refractivity contribution in [1.29, 1.82) is 0 Å². The highest BCUT2D eigenvalue weighted by Gasteiger charge is 2.18. The number of rotatable bonds is 6. The third-order valence-corrected chi connectivity index (χ3v) is 4.61. The lowest BCUT2D eigenvalue weighted by Gasteiger charge is -2.33. The average Bonchev–Trinajstić information content (AvgIpc) is 2.59. The maximum atomic E-state index is 12.3. The predicted molar refractivity (Wildman–Crippen MR) is 91.7 cm³/mol. The van der Waals surface area contributed by atoms with E-state index in [0.29, 0.717) is 5.56 Å². The molecule has 2 rings (SSSR count). The van der Waals surface area contributed by atoms with Crippen molar-refractivity contribution in [2.75, 3.05) is 44.7 Å². The average molecular weight is 320 g/mol. The van der Waals surface area contributed by atoms with Crippen molar-refractivity contribution >= 4 is 11.7 Å². The van der Waals surface area contributed by atoms with Gasteiger partial charge in [0, 0.05) is 44.5 Å². The lowest BCUT2D eigenvalue weighted by molar-refractivity contribution is 0.0850. The van der Waals surface area contributed by atoms with Crippen LogP contribution < -0.4 is 10.2 Å². The van der Waals surface area contributed by atoms with Crippen LogP contribution in [0.1, 0.15) is 30.6 Å². The van der Waals surface area contributed by atoms with E-state index in [4.69, 9.17) is 0 Å². The summed E-state index contributed by atoms with van der Waals surface area (Å²) < 4.78 is 0. The maximum Gasteiger partial charge on any atom is 0.251 e. The van der Waals surface area contributed by atoms with Gasteiger partial charge in [-0.1, -0.05) is 20.3 Å². The Bertz CT molecular complexity index is 515. The van der Waals surface area contributed by atoms with E-state index in [9.17, 15) is 9.90 Å². The number of aliphatic hydroxyl groups excluding tert-OH is 1. The first kappa shape index (κ1) is 17.7. The molecule has 6 nitrogen and oxygen atoms in total. The zero-order valence-corrected chi connectivity index (χ0v) is 14.3.